The number of hydrogen-bond donors (Lipinski definition) is 6. The second-order valence-corrected chi connectivity index (χ2v) is 4.27. The van der Waals surface area contributed by atoms with Gasteiger partial charge >= 0.3 is 0 Å². The van der Waals surface area contributed by atoms with Crippen LogP contribution in [0.25, 0.3) is 0 Å². The first-order chi connectivity index (χ1) is 8.42. The quantitative estimate of drug-likeness (QED) is 0.311. The number of aliphatic hydroxyl groups is 4. The molecule has 18 heavy (non-hydrogen) atoms. The van der Waals surface area contributed by atoms with Crippen molar-refractivity contribution in [2.75, 3.05) is 6.61 Å². The lowest BCUT2D eigenvalue weighted by Crippen LogP contribution is -2.64. The molecule has 1 heterocycles. The molecule has 7 N–H and O–H groups in total. The first-order valence-electron chi connectivity index (χ1n) is 5.78. The molecule has 8 heteroatoms. The van der Waals surface area contributed by atoms with E-state index in [0.29, 0.717) is 6.42 Å². The van der Waals surface area contributed by atoms with Crippen molar-refractivity contribution in [2.24, 2.45) is 5.73 Å². The Morgan fingerprint density at radius 2 is 1.94 bits per heavy atom. The van der Waals surface area contributed by atoms with E-state index in [2.05, 4.69) is 5.32 Å². The topological polar surface area (TPSA) is 145 Å². The molecule has 3 unspecified atom stereocenters. The molecule has 0 aliphatic carbocycles. The summed E-state index contributed by atoms with van der Waals surface area (Å²) in [7, 11) is 0. The van der Waals surface area contributed by atoms with Gasteiger partial charge in [0.15, 0.2) is 6.23 Å². The summed E-state index contributed by atoms with van der Waals surface area (Å²) in [6.45, 7) is 1.18. The number of nitrogens with one attached hydrogen (secondary N) is 1. The van der Waals surface area contributed by atoms with Crippen LogP contribution in [-0.4, -0.2) is 69.6 Å². The number of amides is 1. The van der Waals surface area contributed by atoms with Crippen LogP contribution in [0.15, 0.2) is 0 Å². The molecule has 0 saturated carbocycles. The third-order valence-corrected chi connectivity index (χ3v) is 2.95. The van der Waals surface area contributed by atoms with Crippen LogP contribution in [0.4, 0.5) is 0 Å². The van der Waals surface area contributed by atoms with E-state index >= 15 is 0 Å². The van der Waals surface area contributed by atoms with Gasteiger partial charge in [-0.1, -0.05) is 6.92 Å². The van der Waals surface area contributed by atoms with E-state index in [1.165, 1.54) is 0 Å². The van der Waals surface area contributed by atoms with Crippen molar-refractivity contribution in [3.05, 3.63) is 0 Å². The molecule has 1 saturated heterocycles. The average molecular weight is 264 g/mol. The Labute approximate surface area is 104 Å². The third-order valence-electron chi connectivity index (χ3n) is 2.95. The molecule has 0 aromatic heterocycles. The van der Waals surface area contributed by atoms with Crippen molar-refractivity contribution < 1.29 is 30.0 Å². The molecule has 1 fully saturated rings. The van der Waals surface area contributed by atoms with Crippen LogP contribution in [0.1, 0.15) is 13.3 Å². The number of rotatable bonds is 4. The molecule has 0 aromatic carbocycles. The number of carbonyl (C=O) groups is 1. The Morgan fingerprint density at radius 1 is 1.33 bits per heavy atom. The van der Waals surface area contributed by atoms with Gasteiger partial charge in [0.05, 0.1) is 12.6 Å². The molecule has 0 aromatic rings. The molecule has 8 nitrogen and oxygen atoms in total. The zero-order valence-electron chi connectivity index (χ0n) is 10.1. The summed E-state index contributed by atoms with van der Waals surface area (Å²) in [4.78, 5) is 11.5. The second-order valence-electron chi connectivity index (χ2n) is 4.27. The fourth-order valence-electron chi connectivity index (χ4n) is 1.65. The van der Waals surface area contributed by atoms with Crippen LogP contribution in [0.5, 0.6) is 0 Å². The van der Waals surface area contributed by atoms with Gasteiger partial charge in [0, 0.05) is 0 Å². The Bertz CT molecular complexity index is 288. The van der Waals surface area contributed by atoms with Crippen molar-refractivity contribution in [3.63, 3.8) is 0 Å². The predicted octanol–water partition coefficient (Wildman–Crippen LogP) is -3.36. The normalized spacial score (nSPS) is 38.2. The lowest BCUT2D eigenvalue weighted by Gasteiger charge is -2.40. The smallest absolute Gasteiger partial charge is 0.238 e. The average Bonchev–Trinajstić information content (AvgIpc) is 2.38. The summed E-state index contributed by atoms with van der Waals surface area (Å²) in [5.74, 6) is -0.540. The molecule has 1 aliphatic heterocycles. The zero-order valence-corrected chi connectivity index (χ0v) is 10.1. The largest absolute Gasteiger partial charge is 0.394 e. The summed E-state index contributed by atoms with van der Waals surface area (Å²) >= 11 is 0. The van der Waals surface area contributed by atoms with E-state index in [-0.39, 0.29) is 0 Å². The van der Waals surface area contributed by atoms with Crippen LogP contribution in [0, 0.1) is 0 Å². The number of nitrogens with two attached hydrogens (primary N) is 1. The van der Waals surface area contributed by atoms with E-state index in [4.69, 9.17) is 15.6 Å². The first-order valence-corrected chi connectivity index (χ1v) is 5.78. The molecule has 6 atom stereocenters. The maximum atomic E-state index is 11.5. The van der Waals surface area contributed by atoms with Crippen molar-refractivity contribution in [1.82, 2.24) is 5.32 Å². The van der Waals surface area contributed by atoms with E-state index in [0.717, 1.165) is 0 Å². The maximum absolute atomic E-state index is 11.5. The molecular weight excluding hydrogens is 244 g/mol. The Morgan fingerprint density at radius 3 is 2.44 bits per heavy atom. The van der Waals surface area contributed by atoms with Gasteiger partial charge in [-0.15, -0.1) is 0 Å². The summed E-state index contributed by atoms with van der Waals surface area (Å²) in [6, 6.07) is -0.752. The van der Waals surface area contributed by atoms with Crippen LogP contribution in [0.3, 0.4) is 0 Å². The lowest BCUT2D eigenvalue weighted by atomic mass is 9.98. The Balaban J connectivity index is 2.67. The van der Waals surface area contributed by atoms with Gasteiger partial charge in [0.1, 0.15) is 24.4 Å². The highest BCUT2D eigenvalue weighted by molar-refractivity contribution is 5.81. The minimum Gasteiger partial charge on any atom is -0.394 e. The number of hydrogen-bond acceptors (Lipinski definition) is 7. The van der Waals surface area contributed by atoms with Gasteiger partial charge in [0.2, 0.25) is 5.91 Å². The van der Waals surface area contributed by atoms with Gasteiger partial charge in [-0.3, -0.25) is 4.79 Å². The molecular formula is C10H20N2O6. The molecule has 0 spiro atoms. The highest BCUT2D eigenvalue weighted by Crippen LogP contribution is 2.19. The van der Waals surface area contributed by atoms with E-state index < -0.39 is 49.2 Å². The van der Waals surface area contributed by atoms with Gasteiger partial charge in [-0.2, -0.15) is 0 Å². The van der Waals surface area contributed by atoms with Gasteiger partial charge in [0.25, 0.3) is 0 Å². The van der Waals surface area contributed by atoms with E-state index in [9.17, 15) is 20.1 Å². The third kappa shape index (κ3) is 3.16. The molecule has 1 rings (SSSR count). The van der Waals surface area contributed by atoms with Crippen LogP contribution >= 0.6 is 0 Å². The van der Waals surface area contributed by atoms with Gasteiger partial charge < -0.3 is 36.2 Å². The van der Waals surface area contributed by atoms with Crippen LogP contribution in [0.2, 0.25) is 0 Å². The highest BCUT2D eigenvalue weighted by atomic mass is 16.6. The predicted molar refractivity (Wildman–Crippen MR) is 60.2 cm³/mol. The second kappa shape index (κ2) is 6.41. The maximum Gasteiger partial charge on any atom is 0.238 e. The zero-order chi connectivity index (χ0) is 13.9. The minimum atomic E-state index is -1.51. The number of carbonyl (C=O) groups excluding carboxylic acids is 1. The highest BCUT2D eigenvalue weighted by Gasteiger charge is 2.44. The lowest BCUT2D eigenvalue weighted by molar-refractivity contribution is -0.236. The standard InChI is InChI=1S/C10H20N2O6/c1-2-4(11)9(17)12-10-8(16)7(15)6(14)5(3-13)18-10/h4-8,10,13-16H,2-3,11H2,1H3,(H,12,17)/t4?,5?,6-,7+,8?,10-/m1/s1. The molecule has 1 aliphatic rings. The number of aliphatic hydroxyl groups excluding tert-OH is 4. The molecule has 0 radical (unpaired) electrons. The van der Waals surface area contributed by atoms with Gasteiger partial charge in [-0.25, -0.2) is 0 Å². The SMILES string of the molecule is CCC(N)C(=O)N[C@@H]1OC(CO)[C@@H](O)[C@H](O)C1O. The van der Waals surface area contributed by atoms with Crippen molar-refractivity contribution in [3.8, 4) is 0 Å². The van der Waals surface area contributed by atoms with Gasteiger partial charge in [-0.05, 0) is 6.42 Å². The van der Waals surface area contributed by atoms with E-state index in [1.807, 2.05) is 0 Å². The van der Waals surface area contributed by atoms with E-state index in [1.54, 1.807) is 6.92 Å². The van der Waals surface area contributed by atoms with Crippen molar-refractivity contribution in [2.45, 2.75) is 50.0 Å². The molecule has 0 bridgehead atoms. The van der Waals surface area contributed by atoms with Crippen LogP contribution in [-0.2, 0) is 9.53 Å². The Kier molecular flexibility index (Phi) is 5.45. The fourth-order valence-corrected chi connectivity index (χ4v) is 1.65. The van der Waals surface area contributed by atoms with Crippen molar-refractivity contribution in [1.29, 1.82) is 0 Å². The van der Waals surface area contributed by atoms with Crippen LogP contribution < -0.4 is 11.1 Å². The van der Waals surface area contributed by atoms with Crippen molar-refractivity contribution >= 4 is 5.91 Å². The fraction of sp³-hybridized carbons (Fsp3) is 0.900. The summed E-state index contributed by atoms with van der Waals surface area (Å²) in [5.41, 5.74) is 5.50. The summed E-state index contributed by atoms with van der Waals surface area (Å²) in [5, 5.41) is 40.0. The monoisotopic (exact) mass is 264 g/mol. The Hall–Kier alpha value is -0.770. The first kappa shape index (κ1) is 15.3. The summed E-state index contributed by atoms with van der Waals surface area (Å²) in [6.07, 6.45) is -6.31. The minimum absolute atomic E-state index is 0.406. The molecule has 1 amide bonds. The summed E-state index contributed by atoms with van der Waals surface area (Å²) < 4.78 is 5.10. The number of ether oxygens (including phenoxy) is 1. The molecule has 106 valence electrons.